The lowest BCUT2D eigenvalue weighted by Crippen LogP contribution is -2.07. The monoisotopic (exact) mass is 472 g/mol. The van der Waals surface area contributed by atoms with Crippen molar-refractivity contribution in [3.63, 3.8) is 0 Å². The van der Waals surface area contributed by atoms with Crippen molar-refractivity contribution in [1.82, 2.24) is 9.97 Å². The molecular formula is C24H19F3N2O3S. The molecule has 0 bridgehead atoms. The standard InChI is InChI=1S/C24H19F3N2O3S/c1-2-13-33(30,31)19-11-9-17(10-12-19)32-18-6-3-5-16(14-18)22-20-7-4-8-21(24(25,26)27)23(20)29-15-28-22/h3-12,14-15H,2,13H2,1H3. The number of para-hydroxylation sites is 1. The minimum absolute atomic E-state index is 0.0677. The molecule has 0 aliphatic rings. The highest BCUT2D eigenvalue weighted by molar-refractivity contribution is 7.91. The van der Waals surface area contributed by atoms with Crippen LogP contribution in [0.3, 0.4) is 0 Å². The minimum Gasteiger partial charge on any atom is -0.457 e. The molecule has 5 nitrogen and oxygen atoms in total. The van der Waals surface area contributed by atoms with Crippen molar-refractivity contribution in [1.29, 1.82) is 0 Å². The van der Waals surface area contributed by atoms with Gasteiger partial charge < -0.3 is 4.74 Å². The van der Waals surface area contributed by atoms with E-state index in [1.807, 2.05) is 0 Å². The summed E-state index contributed by atoms with van der Waals surface area (Å²) < 4.78 is 70.3. The summed E-state index contributed by atoms with van der Waals surface area (Å²) in [4.78, 5) is 8.28. The van der Waals surface area contributed by atoms with Gasteiger partial charge in [-0.15, -0.1) is 0 Å². The van der Waals surface area contributed by atoms with Crippen LogP contribution in [0.1, 0.15) is 18.9 Å². The highest BCUT2D eigenvalue weighted by Crippen LogP contribution is 2.37. The van der Waals surface area contributed by atoms with Gasteiger partial charge in [-0.25, -0.2) is 18.4 Å². The van der Waals surface area contributed by atoms with E-state index >= 15 is 0 Å². The van der Waals surface area contributed by atoms with Gasteiger partial charge in [0.1, 0.15) is 17.8 Å². The molecule has 0 spiro atoms. The topological polar surface area (TPSA) is 69.2 Å². The summed E-state index contributed by atoms with van der Waals surface area (Å²) in [5.41, 5.74) is -0.0988. The second kappa shape index (κ2) is 8.82. The smallest absolute Gasteiger partial charge is 0.418 e. The lowest BCUT2D eigenvalue weighted by atomic mass is 10.0. The zero-order valence-corrected chi connectivity index (χ0v) is 18.3. The quantitative estimate of drug-likeness (QED) is 0.330. The Morgan fingerprint density at radius 2 is 1.64 bits per heavy atom. The SMILES string of the molecule is CCCS(=O)(=O)c1ccc(Oc2cccc(-c3ncnc4c(C(F)(F)F)cccc34)c2)cc1. The number of ether oxygens (including phenoxy) is 1. The molecule has 0 aliphatic heterocycles. The predicted molar refractivity (Wildman–Crippen MR) is 119 cm³/mol. The first-order chi connectivity index (χ1) is 15.7. The molecule has 33 heavy (non-hydrogen) atoms. The first-order valence-electron chi connectivity index (χ1n) is 10.1. The lowest BCUT2D eigenvalue weighted by molar-refractivity contribution is -0.136. The molecule has 0 radical (unpaired) electrons. The molecule has 1 heterocycles. The fourth-order valence-electron chi connectivity index (χ4n) is 3.49. The third kappa shape index (κ3) is 4.83. The fraction of sp³-hybridized carbons (Fsp3) is 0.167. The van der Waals surface area contributed by atoms with Crippen LogP contribution in [0, 0.1) is 0 Å². The van der Waals surface area contributed by atoms with Crippen molar-refractivity contribution in [2.45, 2.75) is 24.4 Å². The van der Waals surface area contributed by atoms with Crippen LogP contribution < -0.4 is 4.74 Å². The third-order valence-corrected chi connectivity index (χ3v) is 6.91. The van der Waals surface area contributed by atoms with E-state index in [1.165, 1.54) is 18.2 Å². The number of rotatable bonds is 6. The molecule has 170 valence electrons. The van der Waals surface area contributed by atoms with Crippen molar-refractivity contribution in [2.75, 3.05) is 5.75 Å². The van der Waals surface area contributed by atoms with Gasteiger partial charge in [0, 0.05) is 10.9 Å². The van der Waals surface area contributed by atoms with Gasteiger partial charge >= 0.3 is 6.18 Å². The van der Waals surface area contributed by atoms with Crippen LogP contribution in [-0.2, 0) is 16.0 Å². The summed E-state index contributed by atoms with van der Waals surface area (Å²) >= 11 is 0. The van der Waals surface area contributed by atoms with Crippen LogP contribution in [0.15, 0.2) is 78.0 Å². The molecule has 1 aromatic heterocycles. The Bertz CT molecular complexity index is 1400. The first kappa shape index (κ1) is 22.7. The molecule has 4 rings (SSSR count). The van der Waals surface area contributed by atoms with E-state index in [9.17, 15) is 21.6 Å². The maximum absolute atomic E-state index is 13.4. The summed E-state index contributed by atoms with van der Waals surface area (Å²) in [5, 5.41) is 0.273. The van der Waals surface area contributed by atoms with Gasteiger partial charge in [0.05, 0.1) is 27.4 Å². The van der Waals surface area contributed by atoms with Crippen LogP contribution in [0.5, 0.6) is 11.5 Å². The predicted octanol–water partition coefficient (Wildman–Crippen LogP) is 6.29. The normalized spacial score (nSPS) is 12.1. The van der Waals surface area contributed by atoms with Crippen LogP contribution in [0.4, 0.5) is 13.2 Å². The van der Waals surface area contributed by atoms with Gasteiger partial charge in [-0.2, -0.15) is 13.2 Å². The van der Waals surface area contributed by atoms with Crippen molar-refractivity contribution >= 4 is 20.7 Å². The molecule has 9 heteroatoms. The van der Waals surface area contributed by atoms with E-state index in [-0.39, 0.29) is 21.6 Å². The molecule has 0 saturated heterocycles. The summed E-state index contributed by atoms with van der Waals surface area (Å²) in [7, 11) is -3.33. The zero-order chi connectivity index (χ0) is 23.6. The molecule has 0 aliphatic carbocycles. The Labute approximate surface area is 188 Å². The molecule has 0 amide bonds. The van der Waals surface area contributed by atoms with Gasteiger partial charge in [0.15, 0.2) is 9.84 Å². The minimum atomic E-state index is -4.53. The number of sulfone groups is 1. The van der Waals surface area contributed by atoms with Crippen LogP contribution in [-0.4, -0.2) is 24.1 Å². The highest BCUT2D eigenvalue weighted by atomic mass is 32.2. The molecule has 3 aromatic carbocycles. The number of hydrogen-bond donors (Lipinski definition) is 0. The number of fused-ring (bicyclic) bond motifs is 1. The molecule has 0 unspecified atom stereocenters. The van der Waals surface area contributed by atoms with E-state index in [0.29, 0.717) is 29.2 Å². The average molecular weight is 472 g/mol. The van der Waals surface area contributed by atoms with Crippen LogP contribution in [0.2, 0.25) is 0 Å². The summed E-state index contributed by atoms with van der Waals surface area (Å²) in [6, 6.07) is 16.7. The summed E-state index contributed by atoms with van der Waals surface area (Å²) in [5.74, 6) is 0.919. The largest absolute Gasteiger partial charge is 0.457 e. The number of alkyl halides is 3. The van der Waals surface area contributed by atoms with E-state index in [0.717, 1.165) is 12.4 Å². The first-order valence-corrected chi connectivity index (χ1v) is 11.8. The highest BCUT2D eigenvalue weighted by Gasteiger charge is 2.33. The van der Waals surface area contributed by atoms with Crippen LogP contribution >= 0.6 is 0 Å². The number of halogens is 3. The van der Waals surface area contributed by atoms with Gasteiger partial charge in [-0.05, 0) is 48.9 Å². The Balaban J connectivity index is 1.66. The molecule has 0 saturated carbocycles. The molecule has 0 N–H and O–H groups in total. The van der Waals surface area contributed by atoms with Gasteiger partial charge in [-0.3, -0.25) is 0 Å². The Morgan fingerprint density at radius 3 is 2.33 bits per heavy atom. The second-order valence-corrected chi connectivity index (χ2v) is 9.45. The lowest BCUT2D eigenvalue weighted by Gasteiger charge is -2.12. The van der Waals surface area contributed by atoms with Crippen molar-refractivity contribution in [3.05, 3.63) is 78.6 Å². The second-order valence-electron chi connectivity index (χ2n) is 7.34. The summed E-state index contributed by atoms with van der Waals surface area (Å²) in [6.45, 7) is 1.80. The number of aromatic nitrogens is 2. The van der Waals surface area contributed by atoms with Gasteiger partial charge in [-0.1, -0.05) is 31.2 Å². The average Bonchev–Trinajstić information content (AvgIpc) is 2.78. The Hall–Kier alpha value is -3.46. The third-order valence-electron chi connectivity index (χ3n) is 4.97. The molecule has 0 atom stereocenters. The Morgan fingerprint density at radius 1 is 0.909 bits per heavy atom. The molecule has 4 aromatic rings. The maximum Gasteiger partial charge on any atom is 0.418 e. The van der Waals surface area contributed by atoms with Crippen molar-refractivity contribution in [3.8, 4) is 22.8 Å². The summed E-state index contributed by atoms with van der Waals surface area (Å²) in [6.07, 6.45) is -2.90. The molecular weight excluding hydrogens is 453 g/mol. The van der Waals surface area contributed by atoms with Crippen LogP contribution in [0.25, 0.3) is 22.2 Å². The van der Waals surface area contributed by atoms with Gasteiger partial charge in [0.25, 0.3) is 0 Å². The maximum atomic E-state index is 13.4. The number of nitrogens with zero attached hydrogens (tertiary/aromatic N) is 2. The Kier molecular flexibility index (Phi) is 6.07. The van der Waals surface area contributed by atoms with E-state index in [4.69, 9.17) is 4.74 Å². The number of hydrogen-bond acceptors (Lipinski definition) is 5. The number of benzene rings is 3. The molecule has 0 fully saturated rings. The fourth-order valence-corrected chi connectivity index (χ4v) is 4.81. The van der Waals surface area contributed by atoms with Gasteiger partial charge in [0.2, 0.25) is 0 Å². The van der Waals surface area contributed by atoms with Crippen molar-refractivity contribution in [2.24, 2.45) is 0 Å². The zero-order valence-electron chi connectivity index (χ0n) is 17.5. The van der Waals surface area contributed by atoms with E-state index in [1.54, 1.807) is 49.4 Å². The van der Waals surface area contributed by atoms with E-state index < -0.39 is 21.6 Å². The van der Waals surface area contributed by atoms with E-state index in [2.05, 4.69) is 9.97 Å². The van der Waals surface area contributed by atoms with Crippen molar-refractivity contribution < 1.29 is 26.3 Å².